The van der Waals surface area contributed by atoms with Crippen molar-refractivity contribution < 1.29 is 13.2 Å². The number of hydrogen-bond acceptors (Lipinski definition) is 4. The first-order valence-corrected chi connectivity index (χ1v) is 6.31. The van der Waals surface area contributed by atoms with Crippen LogP contribution in [0.5, 0.6) is 0 Å². The van der Waals surface area contributed by atoms with Crippen molar-refractivity contribution in [2.45, 2.75) is 32.0 Å². The van der Waals surface area contributed by atoms with Crippen LogP contribution in [0, 0.1) is 5.92 Å². The smallest absolute Gasteiger partial charge is 0.351 e. The van der Waals surface area contributed by atoms with Gasteiger partial charge in [0.25, 0.3) is 0 Å². The molecule has 19 heavy (non-hydrogen) atoms. The van der Waals surface area contributed by atoms with Crippen molar-refractivity contribution in [1.29, 1.82) is 0 Å². The Hall–Kier alpha value is -1.37. The first-order chi connectivity index (χ1) is 8.93. The average Bonchev–Trinajstić information content (AvgIpc) is 2.37. The maximum Gasteiger partial charge on any atom is 0.435 e. The zero-order valence-corrected chi connectivity index (χ0v) is 10.7. The lowest BCUT2D eigenvalue weighted by atomic mass is 9.91. The van der Waals surface area contributed by atoms with Crippen molar-refractivity contribution in [3.63, 3.8) is 0 Å². The SMILES string of the molecule is CC1CCCN(c2ccc(C(F)(F)F)nn2)C1CN. The quantitative estimate of drug-likeness (QED) is 0.897. The molecule has 0 aromatic carbocycles. The van der Waals surface area contributed by atoms with E-state index >= 15 is 0 Å². The summed E-state index contributed by atoms with van der Waals surface area (Å²) >= 11 is 0. The Kier molecular flexibility index (Phi) is 3.93. The molecule has 0 amide bonds. The molecule has 2 rings (SSSR count). The molecule has 2 atom stereocenters. The minimum atomic E-state index is -4.45. The monoisotopic (exact) mass is 274 g/mol. The number of halogens is 3. The van der Waals surface area contributed by atoms with E-state index in [1.165, 1.54) is 6.07 Å². The van der Waals surface area contributed by atoms with E-state index in [0.717, 1.165) is 25.5 Å². The lowest BCUT2D eigenvalue weighted by Gasteiger charge is -2.40. The van der Waals surface area contributed by atoms with Gasteiger partial charge in [0, 0.05) is 19.1 Å². The molecule has 0 aliphatic carbocycles. The molecule has 2 unspecified atom stereocenters. The van der Waals surface area contributed by atoms with Gasteiger partial charge in [0.15, 0.2) is 11.5 Å². The third-order valence-corrected chi connectivity index (χ3v) is 3.59. The summed E-state index contributed by atoms with van der Waals surface area (Å²) in [6, 6.07) is 2.45. The van der Waals surface area contributed by atoms with E-state index in [1.54, 1.807) is 0 Å². The highest BCUT2D eigenvalue weighted by atomic mass is 19.4. The van der Waals surface area contributed by atoms with Crippen molar-refractivity contribution in [2.75, 3.05) is 18.0 Å². The highest BCUT2D eigenvalue weighted by molar-refractivity contribution is 5.40. The van der Waals surface area contributed by atoms with Crippen LogP contribution in [0.3, 0.4) is 0 Å². The molecule has 0 spiro atoms. The minimum absolute atomic E-state index is 0.111. The molecule has 1 saturated heterocycles. The van der Waals surface area contributed by atoms with Crippen LogP contribution in [0.1, 0.15) is 25.5 Å². The van der Waals surface area contributed by atoms with Gasteiger partial charge in [-0.05, 0) is 30.9 Å². The Morgan fingerprint density at radius 1 is 1.37 bits per heavy atom. The normalized spacial score (nSPS) is 24.6. The molecule has 4 nitrogen and oxygen atoms in total. The molecule has 0 radical (unpaired) electrons. The van der Waals surface area contributed by atoms with Crippen LogP contribution in [0.15, 0.2) is 12.1 Å². The lowest BCUT2D eigenvalue weighted by molar-refractivity contribution is -0.141. The maximum atomic E-state index is 12.4. The van der Waals surface area contributed by atoms with Gasteiger partial charge < -0.3 is 10.6 Å². The van der Waals surface area contributed by atoms with Crippen LogP contribution >= 0.6 is 0 Å². The fourth-order valence-electron chi connectivity index (χ4n) is 2.52. The van der Waals surface area contributed by atoms with Crippen LogP contribution in [0.2, 0.25) is 0 Å². The Balaban J connectivity index is 2.21. The van der Waals surface area contributed by atoms with Crippen molar-refractivity contribution in [2.24, 2.45) is 11.7 Å². The van der Waals surface area contributed by atoms with E-state index in [4.69, 9.17) is 5.73 Å². The number of anilines is 1. The summed E-state index contributed by atoms with van der Waals surface area (Å²) in [6.07, 6.45) is -2.39. The number of nitrogens with two attached hydrogens (primary N) is 1. The van der Waals surface area contributed by atoms with Crippen molar-refractivity contribution >= 4 is 5.82 Å². The molecule has 2 N–H and O–H groups in total. The topological polar surface area (TPSA) is 55.0 Å². The largest absolute Gasteiger partial charge is 0.435 e. The molecule has 1 fully saturated rings. The van der Waals surface area contributed by atoms with Crippen molar-refractivity contribution in [3.05, 3.63) is 17.8 Å². The molecule has 1 aromatic rings. The van der Waals surface area contributed by atoms with Gasteiger partial charge in [0.2, 0.25) is 0 Å². The third-order valence-electron chi connectivity index (χ3n) is 3.59. The predicted octanol–water partition coefficient (Wildman–Crippen LogP) is 2.06. The van der Waals surface area contributed by atoms with Gasteiger partial charge in [-0.25, -0.2) is 0 Å². The highest BCUT2D eigenvalue weighted by Gasteiger charge is 2.34. The number of alkyl halides is 3. The second kappa shape index (κ2) is 5.32. The summed E-state index contributed by atoms with van der Waals surface area (Å²) in [7, 11) is 0. The van der Waals surface area contributed by atoms with E-state index in [0.29, 0.717) is 18.3 Å². The molecule has 1 aliphatic rings. The van der Waals surface area contributed by atoms with Gasteiger partial charge in [-0.2, -0.15) is 13.2 Å². The summed E-state index contributed by atoms with van der Waals surface area (Å²) < 4.78 is 37.3. The van der Waals surface area contributed by atoms with Gasteiger partial charge in [0.1, 0.15) is 0 Å². The van der Waals surface area contributed by atoms with Crippen molar-refractivity contribution in [1.82, 2.24) is 10.2 Å². The standard InChI is InChI=1S/C12H17F3N4/c1-8-3-2-6-19(9(8)7-16)11-5-4-10(17-18-11)12(13,14)15/h4-5,8-9H,2-3,6-7,16H2,1H3. The Bertz CT molecular complexity index is 418. The Morgan fingerprint density at radius 3 is 2.63 bits per heavy atom. The van der Waals surface area contributed by atoms with Crippen LogP contribution in [0.25, 0.3) is 0 Å². The number of nitrogens with zero attached hydrogens (tertiary/aromatic N) is 3. The highest BCUT2D eigenvalue weighted by Crippen LogP contribution is 2.30. The molecule has 0 saturated carbocycles. The fourth-order valence-corrected chi connectivity index (χ4v) is 2.52. The van der Waals surface area contributed by atoms with Gasteiger partial charge in [-0.3, -0.25) is 0 Å². The third kappa shape index (κ3) is 2.97. The van der Waals surface area contributed by atoms with Crippen LogP contribution in [0.4, 0.5) is 19.0 Å². The second-order valence-electron chi connectivity index (χ2n) is 4.89. The van der Waals surface area contributed by atoms with Crippen molar-refractivity contribution in [3.8, 4) is 0 Å². The van der Waals surface area contributed by atoms with Crippen LogP contribution in [-0.4, -0.2) is 29.3 Å². The summed E-state index contributed by atoms with van der Waals surface area (Å²) in [6.45, 7) is 3.32. The summed E-state index contributed by atoms with van der Waals surface area (Å²) in [4.78, 5) is 1.96. The number of hydrogen-bond donors (Lipinski definition) is 1. The molecular formula is C12H17F3N4. The summed E-state index contributed by atoms with van der Waals surface area (Å²) in [5, 5.41) is 6.96. The zero-order valence-electron chi connectivity index (χ0n) is 10.7. The van der Waals surface area contributed by atoms with E-state index in [2.05, 4.69) is 17.1 Å². The second-order valence-corrected chi connectivity index (χ2v) is 4.89. The van der Waals surface area contributed by atoms with E-state index < -0.39 is 11.9 Å². The molecule has 1 aromatic heterocycles. The van der Waals surface area contributed by atoms with Gasteiger partial charge >= 0.3 is 6.18 Å². The summed E-state index contributed by atoms with van der Waals surface area (Å²) in [5.74, 6) is 0.873. The predicted molar refractivity (Wildman–Crippen MR) is 65.6 cm³/mol. The molecule has 2 heterocycles. The molecule has 0 bridgehead atoms. The first kappa shape index (κ1) is 14.0. The van der Waals surface area contributed by atoms with E-state index in [9.17, 15) is 13.2 Å². The Morgan fingerprint density at radius 2 is 2.11 bits per heavy atom. The zero-order chi connectivity index (χ0) is 14.0. The number of piperidine rings is 1. The fraction of sp³-hybridized carbons (Fsp3) is 0.667. The molecule has 106 valence electrons. The molecule has 7 heteroatoms. The van der Waals surface area contributed by atoms with Gasteiger partial charge in [-0.15, -0.1) is 10.2 Å². The lowest BCUT2D eigenvalue weighted by Crippen LogP contribution is -2.49. The number of rotatable bonds is 2. The maximum absolute atomic E-state index is 12.4. The Labute approximate surface area is 109 Å². The van der Waals surface area contributed by atoms with Crippen LogP contribution in [-0.2, 0) is 6.18 Å². The molecular weight excluding hydrogens is 257 g/mol. The average molecular weight is 274 g/mol. The molecule has 1 aliphatic heterocycles. The van der Waals surface area contributed by atoms with Crippen LogP contribution < -0.4 is 10.6 Å². The van der Waals surface area contributed by atoms with Gasteiger partial charge in [0.05, 0.1) is 0 Å². The van der Waals surface area contributed by atoms with E-state index in [-0.39, 0.29) is 6.04 Å². The first-order valence-electron chi connectivity index (χ1n) is 6.31. The summed E-state index contributed by atoms with van der Waals surface area (Å²) in [5.41, 5.74) is 4.78. The van der Waals surface area contributed by atoms with Gasteiger partial charge in [-0.1, -0.05) is 6.92 Å². The minimum Gasteiger partial charge on any atom is -0.351 e. The number of aromatic nitrogens is 2. The van der Waals surface area contributed by atoms with E-state index in [1.807, 2.05) is 4.90 Å².